The molecule has 1 aromatic heterocycles. The molecule has 2 atom stereocenters. The molecule has 1 fully saturated rings. The number of amides is 1. The first-order valence-corrected chi connectivity index (χ1v) is 7.89. The van der Waals surface area contributed by atoms with Crippen molar-refractivity contribution >= 4 is 30.1 Å². The Morgan fingerprint density at radius 2 is 2.38 bits per heavy atom. The number of halogens is 1. The third-order valence-corrected chi connectivity index (χ3v) is 4.92. The zero-order chi connectivity index (χ0) is 14.1. The molecule has 0 bridgehead atoms. The van der Waals surface area contributed by atoms with E-state index in [1.165, 1.54) is 6.20 Å². The molecule has 2 unspecified atom stereocenters. The Morgan fingerprint density at radius 1 is 1.57 bits per heavy atom. The van der Waals surface area contributed by atoms with Gasteiger partial charge in [-0.25, -0.2) is 4.98 Å². The first-order chi connectivity index (χ1) is 9.66. The largest absolute Gasteiger partial charge is 0.348 e. The van der Waals surface area contributed by atoms with Gasteiger partial charge in [0.05, 0.1) is 0 Å². The number of nitrogens with one attached hydrogen (secondary N) is 2. The maximum Gasteiger partial charge on any atom is 0.267 e. The first-order valence-electron chi connectivity index (χ1n) is 6.91. The van der Waals surface area contributed by atoms with Gasteiger partial charge in [-0.1, -0.05) is 18.7 Å². The van der Waals surface area contributed by atoms with Crippen molar-refractivity contribution in [2.45, 2.75) is 31.1 Å². The van der Waals surface area contributed by atoms with Crippen LogP contribution in [0.25, 0.3) is 0 Å². The molecule has 1 aromatic rings. The maximum absolute atomic E-state index is 12.3. The van der Waals surface area contributed by atoms with E-state index in [1.54, 1.807) is 16.3 Å². The summed E-state index contributed by atoms with van der Waals surface area (Å²) in [7, 11) is 0. The summed E-state index contributed by atoms with van der Waals surface area (Å²) < 4.78 is 1.59. The number of carbonyl (C=O) groups excluding carboxylic acids is 1. The fourth-order valence-electron chi connectivity index (χ4n) is 2.60. The van der Waals surface area contributed by atoms with Crippen LogP contribution in [0.15, 0.2) is 16.1 Å². The molecule has 2 aliphatic rings. The lowest BCUT2D eigenvalue weighted by Crippen LogP contribution is -2.51. The van der Waals surface area contributed by atoms with Crippen molar-refractivity contribution in [2.24, 2.45) is 5.92 Å². The zero-order valence-electron chi connectivity index (χ0n) is 11.8. The van der Waals surface area contributed by atoms with Gasteiger partial charge in [0.1, 0.15) is 5.56 Å². The lowest BCUT2D eigenvalue weighted by Gasteiger charge is -2.30. The Labute approximate surface area is 133 Å². The van der Waals surface area contributed by atoms with Crippen LogP contribution < -0.4 is 16.2 Å². The minimum absolute atomic E-state index is 0. The number of hydrogen-bond donors (Lipinski definition) is 2. The van der Waals surface area contributed by atoms with Crippen molar-refractivity contribution in [3.05, 3.63) is 22.1 Å². The number of hydrogen-bond acceptors (Lipinski definition) is 5. The van der Waals surface area contributed by atoms with Gasteiger partial charge >= 0.3 is 0 Å². The molecule has 21 heavy (non-hydrogen) atoms. The summed E-state index contributed by atoms with van der Waals surface area (Å²) in [6.45, 7) is 4.49. The van der Waals surface area contributed by atoms with Crippen LogP contribution in [0.4, 0.5) is 0 Å². The van der Waals surface area contributed by atoms with Crippen LogP contribution in [0.5, 0.6) is 0 Å². The maximum atomic E-state index is 12.3. The molecule has 0 aromatic carbocycles. The van der Waals surface area contributed by atoms with Crippen molar-refractivity contribution in [3.63, 3.8) is 0 Å². The Morgan fingerprint density at radius 3 is 3.14 bits per heavy atom. The lowest BCUT2D eigenvalue weighted by molar-refractivity contribution is 0.0912. The second kappa shape index (κ2) is 6.81. The molecule has 3 rings (SSSR count). The highest BCUT2D eigenvalue weighted by Gasteiger charge is 2.25. The second-order valence-corrected chi connectivity index (χ2v) is 6.37. The lowest BCUT2D eigenvalue weighted by atomic mass is 9.94. The Hall–Kier alpha value is -1.05. The van der Waals surface area contributed by atoms with E-state index >= 15 is 0 Å². The molecular weight excluding hydrogens is 312 g/mol. The van der Waals surface area contributed by atoms with Crippen molar-refractivity contribution < 1.29 is 4.79 Å². The number of fused-ring (bicyclic) bond motifs is 1. The van der Waals surface area contributed by atoms with Gasteiger partial charge in [0.25, 0.3) is 11.5 Å². The molecule has 0 aliphatic carbocycles. The van der Waals surface area contributed by atoms with Crippen molar-refractivity contribution in [2.75, 3.05) is 18.8 Å². The summed E-state index contributed by atoms with van der Waals surface area (Å²) >= 11 is 1.55. The quantitative estimate of drug-likeness (QED) is 0.772. The monoisotopic (exact) mass is 330 g/mol. The molecule has 6 nitrogen and oxygen atoms in total. The summed E-state index contributed by atoms with van der Waals surface area (Å²) in [6, 6.07) is 0.0725. The van der Waals surface area contributed by atoms with Gasteiger partial charge in [0, 0.05) is 31.1 Å². The highest BCUT2D eigenvalue weighted by Crippen LogP contribution is 2.20. The number of piperidine rings is 1. The van der Waals surface area contributed by atoms with Gasteiger partial charge in [-0.2, -0.15) is 0 Å². The van der Waals surface area contributed by atoms with E-state index in [4.69, 9.17) is 0 Å². The minimum Gasteiger partial charge on any atom is -0.348 e. The molecule has 2 N–H and O–H groups in total. The molecule has 0 radical (unpaired) electrons. The third kappa shape index (κ3) is 3.25. The number of aromatic nitrogens is 2. The smallest absolute Gasteiger partial charge is 0.267 e. The predicted octanol–water partition coefficient (Wildman–Crippen LogP) is 0.499. The fraction of sp³-hybridized carbons (Fsp3) is 0.615. The number of nitrogens with zero attached hydrogens (tertiary/aromatic N) is 2. The van der Waals surface area contributed by atoms with Gasteiger partial charge < -0.3 is 10.6 Å². The van der Waals surface area contributed by atoms with Crippen LogP contribution in [0, 0.1) is 5.92 Å². The zero-order valence-corrected chi connectivity index (χ0v) is 13.4. The van der Waals surface area contributed by atoms with E-state index in [-0.39, 0.29) is 35.5 Å². The van der Waals surface area contributed by atoms with E-state index < -0.39 is 0 Å². The summed E-state index contributed by atoms with van der Waals surface area (Å²) in [5.74, 6) is 0.952. The van der Waals surface area contributed by atoms with Crippen molar-refractivity contribution in [1.29, 1.82) is 0 Å². The molecule has 2 aliphatic heterocycles. The van der Waals surface area contributed by atoms with Crippen LogP contribution in [-0.2, 0) is 6.54 Å². The summed E-state index contributed by atoms with van der Waals surface area (Å²) in [5, 5.41) is 6.92. The van der Waals surface area contributed by atoms with Crippen molar-refractivity contribution in [1.82, 2.24) is 20.2 Å². The van der Waals surface area contributed by atoms with Gasteiger partial charge in [0.15, 0.2) is 5.16 Å². The highest BCUT2D eigenvalue weighted by atomic mass is 35.5. The van der Waals surface area contributed by atoms with Crippen LogP contribution in [0.3, 0.4) is 0 Å². The predicted molar refractivity (Wildman–Crippen MR) is 84.4 cm³/mol. The van der Waals surface area contributed by atoms with Crippen molar-refractivity contribution in [3.8, 4) is 0 Å². The standard InChI is InChI=1S/C13H18N4O2S.ClH/c1-8-2-3-14-7-10(8)16-11(18)9-6-15-13-17(12(9)19)4-5-20-13;/h6,8,10,14H,2-5,7H2,1H3,(H,16,18);1H. The second-order valence-electron chi connectivity index (χ2n) is 5.31. The molecular formula is C13H19ClN4O2S. The topological polar surface area (TPSA) is 76.0 Å². The average Bonchev–Trinajstić information content (AvgIpc) is 2.91. The fourth-order valence-corrected chi connectivity index (χ4v) is 3.52. The minimum atomic E-state index is -0.310. The first kappa shape index (κ1) is 16.3. The van der Waals surface area contributed by atoms with E-state index in [2.05, 4.69) is 22.5 Å². The summed E-state index contributed by atoms with van der Waals surface area (Å²) in [5.41, 5.74) is -0.0806. The van der Waals surface area contributed by atoms with Crippen LogP contribution in [0.1, 0.15) is 23.7 Å². The number of thioether (sulfide) groups is 1. The molecule has 8 heteroatoms. The van der Waals surface area contributed by atoms with Gasteiger partial charge in [0.2, 0.25) is 0 Å². The third-order valence-electron chi connectivity index (χ3n) is 3.95. The molecule has 3 heterocycles. The Kier molecular flexibility index (Phi) is 5.29. The molecule has 0 saturated carbocycles. The van der Waals surface area contributed by atoms with Gasteiger partial charge in [-0.05, 0) is 18.9 Å². The number of carbonyl (C=O) groups is 1. The molecule has 1 saturated heterocycles. The van der Waals surface area contributed by atoms with Crippen LogP contribution in [0.2, 0.25) is 0 Å². The average molecular weight is 331 g/mol. The van der Waals surface area contributed by atoms with Gasteiger partial charge in [-0.3, -0.25) is 14.2 Å². The summed E-state index contributed by atoms with van der Waals surface area (Å²) in [4.78, 5) is 28.7. The SMILES string of the molecule is CC1CCNCC1NC(=O)c1cnc2n(c1=O)CCS2.Cl. The normalized spacial score (nSPS) is 24.0. The highest BCUT2D eigenvalue weighted by molar-refractivity contribution is 7.99. The molecule has 1 amide bonds. The van der Waals surface area contributed by atoms with Crippen LogP contribution in [-0.4, -0.2) is 40.3 Å². The Balaban J connectivity index is 0.00000161. The Bertz CT molecular complexity index is 592. The van der Waals surface area contributed by atoms with Gasteiger partial charge in [-0.15, -0.1) is 12.4 Å². The van der Waals surface area contributed by atoms with E-state index in [0.717, 1.165) is 25.3 Å². The van der Waals surface area contributed by atoms with E-state index in [1.807, 2.05) is 0 Å². The number of rotatable bonds is 2. The van der Waals surface area contributed by atoms with E-state index in [9.17, 15) is 9.59 Å². The molecule has 0 spiro atoms. The summed E-state index contributed by atoms with van der Waals surface area (Å²) in [6.07, 6.45) is 2.44. The van der Waals surface area contributed by atoms with E-state index in [0.29, 0.717) is 17.6 Å². The molecule has 116 valence electrons. The van der Waals surface area contributed by atoms with Crippen LogP contribution >= 0.6 is 24.2 Å².